The molecule has 2 amide bonds. The van der Waals surface area contributed by atoms with Crippen molar-refractivity contribution in [2.24, 2.45) is 0 Å². The van der Waals surface area contributed by atoms with Gasteiger partial charge in [0.15, 0.2) is 5.54 Å². The fourth-order valence-corrected chi connectivity index (χ4v) is 3.11. The summed E-state index contributed by atoms with van der Waals surface area (Å²) >= 11 is 0. The maximum absolute atomic E-state index is 12.7. The summed E-state index contributed by atoms with van der Waals surface area (Å²) in [5.41, 5.74) is 0.139. The number of likely N-dealkylation sites (N-methyl/N-ethyl adjacent to an activating group) is 1. The molecule has 1 N–H and O–H groups in total. The zero-order valence-electron chi connectivity index (χ0n) is 13.8. The Balaban J connectivity index is 1.90. The molecule has 1 unspecified atom stereocenters. The van der Waals surface area contributed by atoms with Gasteiger partial charge in [0, 0.05) is 32.2 Å². The number of hydrogen-bond acceptors (Lipinski definition) is 5. The van der Waals surface area contributed by atoms with E-state index in [9.17, 15) is 9.59 Å². The van der Waals surface area contributed by atoms with Crippen LogP contribution in [-0.2, 0) is 10.3 Å². The molecule has 0 radical (unpaired) electrons. The number of aryl methyl sites for hydroxylation is 1. The smallest absolute Gasteiger partial charge is 0.274 e. The van der Waals surface area contributed by atoms with Gasteiger partial charge < -0.3 is 10.2 Å². The molecular formula is C16H20N6O2. The van der Waals surface area contributed by atoms with Gasteiger partial charge in [0.2, 0.25) is 5.91 Å². The molecule has 126 valence electrons. The molecule has 1 atom stereocenters. The lowest BCUT2D eigenvalue weighted by molar-refractivity contribution is -0.132. The van der Waals surface area contributed by atoms with Crippen LogP contribution in [0.3, 0.4) is 0 Å². The monoisotopic (exact) mass is 328 g/mol. The molecule has 1 fully saturated rings. The first kappa shape index (κ1) is 16.1. The molecule has 2 aromatic rings. The molecule has 1 saturated heterocycles. The number of likely N-dealkylation sites (tertiary alicyclic amines) is 1. The van der Waals surface area contributed by atoms with Crippen molar-refractivity contribution in [1.29, 1.82) is 0 Å². The van der Waals surface area contributed by atoms with Crippen LogP contribution < -0.4 is 5.32 Å². The highest BCUT2D eigenvalue weighted by Gasteiger charge is 2.45. The highest BCUT2D eigenvalue weighted by molar-refractivity contribution is 5.93. The van der Waals surface area contributed by atoms with Crippen molar-refractivity contribution in [3.8, 4) is 0 Å². The van der Waals surface area contributed by atoms with E-state index in [0.29, 0.717) is 19.4 Å². The van der Waals surface area contributed by atoms with E-state index in [4.69, 9.17) is 0 Å². The topological polar surface area (TPSA) is 93.0 Å². The average Bonchev–Trinajstić information content (AvgIpc) is 3.16. The lowest BCUT2D eigenvalue weighted by Gasteiger charge is -2.41. The molecule has 0 bridgehead atoms. The van der Waals surface area contributed by atoms with Gasteiger partial charge in [0.1, 0.15) is 5.69 Å². The summed E-state index contributed by atoms with van der Waals surface area (Å²) in [4.78, 5) is 35.3. The minimum atomic E-state index is -0.899. The van der Waals surface area contributed by atoms with Crippen LogP contribution in [0.5, 0.6) is 0 Å². The van der Waals surface area contributed by atoms with Crippen molar-refractivity contribution in [1.82, 2.24) is 30.0 Å². The molecule has 8 nitrogen and oxygen atoms in total. The second kappa shape index (κ2) is 6.38. The molecule has 0 aromatic carbocycles. The second-order valence-electron chi connectivity index (χ2n) is 5.93. The summed E-state index contributed by atoms with van der Waals surface area (Å²) in [6, 6.07) is 1.77. The standard InChI is InChI=1S/C16H20N6O2/c1-12-9-19-13(10-18-12)14(23)21-7-3-5-16(11-21,15(24)17-2)22-8-4-6-20-22/h4,6,8-10H,3,5,7,11H2,1-2H3,(H,17,24). The van der Waals surface area contributed by atoms with Crippen molar-refractivity contribution in [3.05, 3.63) is 42.2 Å². The van der Waals surface area contributed by atoms with Gasteiger partial charge in [-0.15, -0.1) is 0 Å². The molecule has 24 heavy (non-hydrogen) atoms. The van der Waals surface area contributed by atoms with Crippen molar-refractivity contribution in [2.75, 3.05) is 20.1 Å². The number of carbonyl (C=O) groups excluding carboxylic acids is 2. The summed E-state index contributed by atoms with van der Waals surface area (Å²) in [7, 11) is 1.60. The van der Waals surface area contributed by atoms with Crippen LogP contribution in [0, 0.1) is 6.92 Å². The average molecular weight is 328 g/mol. The van der Waals surface area contributed by atoms with Crippen LogP contribution in [-0.4, -0.2) is 56.6 Å². The van der Waals surface area contributed by atoms with E-state index < -0.39 is 5.54 Å². The molecule has 8 heteroatoms. The maximum Gasteiger partial charge on any atom is 0.274 e. The SMILES string of the molecule is CNC(=O)C1(n2cccn2)CCCN(C(=O)c2cnc(C)cn2)C1. The summed E-state index contributed by atoms with van der Waals surface area (Å²) in [5.74, 6) is -0.374. The Morgan fingerprint density at radius 1 is 1.29 bits per heavy atom. The van der Waals surface area contributed by atoms with Gasteiger partial charge in [-0.2, -0.15) is 5.10 Å². The summed E-state index contributed by atoms with van der Waals surface area (Å²) in [6.07, 6.45) is 7.76. The van der Waals surface area contributed by atoms with Gasteiger partial charge in [-0.3, -0.25) is 19.3 Å². The highest BCUT2D eigenvalue weighted by Crippen LogP contribution is 2.29. The number of rotatable bonds is 3. The fraction of sp³-hybridized carbons (Fsp3) is 0.438. The number of carbonyl (C=O) groups is 2. The Kier molecular flexibility index (Phi) is 4.28. The second-order valence-corrected chi connectivity index (χ2v) is 5.93. The normalized spacial score (nSPS) is 20.7. The van der Waals surface area contributed by atoms with Crippen molar-refractivity contribution >= 4 is 11.8 Å². The van der Waals surface area contributed by atoms with Crippen LogP contribution in [0.1, 0.15) is 29.0 Å². The zero-order valence-corrected chi connectivity index (χ0v) is 13.8. The van der Waals surface area contributed by atoms with Crippen LogP contribution in [0.4, 0.5) is 0 Å². The van der Waals surface area contributed by atoms with E-state index in [1.54, 1.807) is 41.3 Å². The van der Waals surface area contributed by atoms with E-state index in [1.807, 2.05) is 6.92 Å². The largest absolute Gasteiger partial charge is 0.357 e. The first-order chi connectivity index (χ1) is 11.6. The first-order valence-electron chi connectivity index (χ1n) is 7.87. The van der Waals surface area contributed by atoms with Crippen LogP contribution in [0.15, 0.2) is 30.9 Å². The maximum atomic E-state index is 12.7. The van der Waals surface area contributed by atoms with Crippen LogP contribution in [0.2, 0.25) is 0 Å². The predicted octanol–water partition coefficient (Wildman–Crippen LogP) is 0.359. The molecular weight excluding hydrogens is 308 g/mol. The summed E-state index contributed by atoms with van der Waals surface area (Å²) < 4.78 is 1.64. The highest BCUT2D eigenvalue weighted by atomic mass is 16.2. The molecule has 3 heterocycles. The third-order valence-corrected chi connectivity index (χ3v) is 4.35. The molecule has 0 spiro atoms. The molecule has 3 rings (SSSR count). The predicted molar refractivity (Wildman–Crippen MR) is 86.2 cm³/mol. The minimum Gasteiger partial charge on any atom is -0.357 e. The van der Waals surface area contributed by atoms with E-state index in [2.05, 4.69) is 20.4 Å². The third-order valence-electron chi connectivity index (χ3n) is 4.35. The van der Waals surface area contributed by atoms with E-state index in [1.165, 1.54) is 6.20 Å². The Morgan fingerprint density at radius 2 is 2.12 bits per heavy atom. The molecule has 0 aliphatic carbocycles. The Labute approximate surface area is 139 Å². The minimum absolute atomic E-state index is 0.154. The van der Waals surface area contributed by atoms with Gasteiger partial charge >= 0.3 is 0 Å². The van der Waals surface area contributed by atoms with Crippen LogP contribution >= 0.6 is 0 Å². The molecule has 2 aromatic heterocycles. The number of nitrogens with one attached hydrogen (secondary N) is 1. The fourth-order valence-electron chi connectivity index (χ4n) is 3.11. The zero-order chi connectivity index (χ0) is 17.2. The van der Waals surface area contributed by atoms with Gasteiger partial charge in [-0.25, -0.2) is 4.98 Å². The van der Waals surface area contributed by atoms with E-state index >= 15 is 0 Å². The number of amides is 2. The number of nitrogens with zero attached hydrogens (tertiary/aromatic N) is 5. The van der Waals surface area contributed by atoms with Gasteiger partial charge in [-0.1, -0.05) is 0 Å². The lowest BCUT2D eigenvalue weighted by Crippen LogP contribution is -2.59. The molecule has 1 aliphatic heterocycles. The molecule has 1 aliphatic rings. The van der Waals surface area contributed by atoms with Crippen molar-refractivity contribution < 1.29 is 9.59 Å². The van der Waals surface area contributed by atoms with Gasteiger partial charge in [-0.05, 0) is 25.8 Å². The van der Waals surface area contributed by atoms with E-state index in [0.717, 1.165) is 5.69 Å². The van der Waals surface area contributed by atoms with Gasteiger partial charge in [0.25, 0.3) is 5.91 Å². The number of piperidine rings is 1. The quantitative estimate of drug-likeness (QED) is 0.878. The van der Waals surface area contributed by atoms with Crippen LogP contribution in [0.25, 0.3) is 0 Å². The number of hydrogen-bond donors (Lipinski definition) is 1. The Hall–Kier alpha value is -2.77. The Bertz CT molecular complexity index is 728. The Morgan fingerprint density at radius 3 is 2.75 bits per heavy atom. The van der Waals surface area contributed by atoms with E-state index in [-0.39, 0.29) is 24.1 Å². The summed E-state index contributed by atoms with van der Waals surface area (Å²) in [6.45, 7) is 2.65. The lowest BCUT2D eigenvalue weighted by atomic mass is 9.87. The number of aromatic nitrogens is 4. The molecule has 0 saturated carbocycles. The third kappa shape index (κ3) is 2.75. The summed E-state index contributed by atoms with van der Waals surface area (Å²) in [5, 5.41) is 6.95. The first-order valence-corrected chi connectivity index (χ1v) is 7.87. The van der Waals surface area contributed by atoms with Crippen molar-refractivity contribution in [2.45, 2.75) is 25.3 Å². The van der Waals surface area contributed by atoms with Gasteiger partial charge in [0.05, 0.1) is 18.4 Å². The van der Waals surface area contributed by atoms with Crippen molar-refractivity contribution in [3.63, 3.8) is 0 Å².